The Balaban J connectivity index is 1.51. The molecule has 36 heavy (non-hydrogen) atoms. The number of rotatable bonds is 8. The van der Waals surface area contributed by atoms with E-state index in [9.17, 15) is 5.26 Å². The van der Waals surface area contributed by atoms with Gasteiger partial charge in [0.15, 0.2) is 5.65 Å². The first-order chi connectivity index (χ1) is 17.6. The summed E-state index contributed by atoms with van der Waals surface area (Å²) in [5, 5.41) is 20.9. The zero-order valence-electron chi connectivity index (χ0n) is 19.7. The fourth-order valence-corrected chi connectivity index (χ4v) is 3.76. The third kappa shape index (κ3) is 4.37. The van der Waals surface area contributed by atoms with Crippen LogP contribution in [0, 0.1) is 11.3 Å². The predicted molar refractivity (Wildman–Crippen MR) is 128 cm³/mol. The summed E-state index contributed by atoms with van der Waals surface area (Å²) in [4.78, 5) is 13.9. The van der Waals surface area contributed by atoms with Crippen LogP contribution in [0.25, 0.3) is 28.2 Å². The van der Waals surface area contributed by atoms with E-state index in [1.54, 1.807) is 40.9 Å². The summed E-state index contributed by atoms with van der Waals surface area (Å²) in [5.74, 6) is 1.39. The van der Waals surface area contributed by atoms with Gasteiger partial charge in [-0.25, -0.2) is 19.6 Å². The normalized spacial score (nSPS) is 11.7. The van der Waals surface area contributed by atoms with Crippen molar-refractivity contribution >= 4 is 11.2 Å². The Morgan fingerprint density at radius 2 is 1.89 bits per heavy atom. The highest BCUT2D eigenvalue weighted by atomic mass is 16.5. The number of hydrogen-bond acceptors (Lipinski definition) is 10. The molecule has 0 saturated carbocycles. The Kier molecular flexibility index (Phi) is 6.10. The Bertz CT molecular complexity index is 1560. The molecule has 1 atom stereocenters. The third-order valence-corrected chi connectivity index (χ3v) is 5.42. The minimum absolute atomic E-state index is 0.208. The average Bonchev–Trinajstić information content (AvgIpc) is 3.57. The zero-order valence-corrected chi connectivity index (χ0v) is 19.7. The number of ether oxygens (including phenoxy) is 3. The summed E-state index contributed by atoms with van der Waals surface area (Å²) in [6, 6.07) is 14.8. The van der Waals surface area contributed by atoms with E-state index in [4.69, 9.17) is 19.2 Å². The average molecular weight is 483 g/mol. The molecule has 5 aromatic rings. The topological polar surface area (TPSA) is 139 Å². The molecule has 0 amide bonds. The minimum Gasteiger partial charge on any atom is -0.497 e. The Morgan fingerprint density at radius 1 is 1.03 bits per heavy atom. The third-order valence-electron chi connectivity index (χ3n) is 5.42. The number of pyridine rings is 2. The summed E-state index contributed by atoms with van der Waals surface area (Å²) in [5.41, 5.74) is 3.35. The summed E-state index contributed by atoms with van der Waals surface area (Å²) >= 11 is 0. The van der Waals surface area contributed by atoms with Crippen LogP contribution in [0.15, 0.2) is 55.1 Å². The molecule has 0 bridgehead atoms. The fourth-order valence-electron chi connectivity index (χ4n) is 3.76. The van der Waals surface area contributed by atoms with Crippen molar-refractivity contribution < 1.29 is 14.2 Å². The maximum absolute atomic E-state index is 9.82. The Labute approximate surface area is 205 Å². The first kappa shape index (κ1) is 22.7. The van der Waals surface area contributed by atoms with E-state index < -0.39 is 0 Å². The van der Waals surface area contributed by atoms with Gasteiger partial charge >= 0.3 is 0 Å². The van der Waals surface area contributed by atoms with Crippen molar-refractivity contribution in [1.82, 2.24) is 39.7 Å². The second kappa shape index (κ2) is 9.67. The van der Waals surface area contributed by atoms with Crippen molar-refractivity contribution in [2.45, 2.75) is 19.6 Å². The molecule has 0 radical (unpaired) electrons. The Morgan fingerprint density at radius 3 is 2.64 bits per heavy atom. The van der Waals surface area contributed by atoms with Gasteiger partial charge in [-0.15, -0.1) is 5.10 Å². The molecular weight excluding hydrogens is 462 g/mol. The molecule has 4 aromatic heterocycles. The van der Waals surface area contributed by atoms with E-state index in [2.05, 4.69) is 31.6 Å². The van der Waals surface area contributed by atoms with Gasteiger partial charge in [0.2, 0.25) is 5.88 Å². The van der Waals surface area contributed by atoms with Gasteiger partial charge in [0.25, 0.3) is 0 Å². The van der Waals surface area contributed by atoms with Crippen molar-refractivity contribution in [3.05, 3.63) is 60.7 Å². The molecule has 12 nitrogen and oxygen atoms in total. The number of nitrogens with zero attached hydrogens (tertiary/aromatic N) is 9. The largest absolute Gasteiger partial charge is 0.497 e. The predicted octanol–water partition coefficient (Wildman–Crippen LogP) is 2.83. The highest BCUT2D eigenvalue weighted by Gasteiger charge is 2.17. The van der Waals surface area contributed by atoms with E-state index in [0.717, 1.165) is 0 Å². The van der Waals surface area contributed by atoms with Crippen LogP contribution < -0.4 is 14.2 Å². The first-order valence-corrected chi connectivity index (χ1v) is 10.9. The van der Waals surface area contributed by atoms with Crippen molar-refractivity contribution in [2.24, 2.45) is 0 Å². The van der Waals surface area contributed by atoms with Gasteiger partial charge < -0.3 is 14.2 Å². The maximum Gasteiger partial charge on any atom is 0.214 e. The smallest absolute Gasteiger partial charge is 0.214 e. The van der Waals surface area contributed by atoms with E-state index >= 15 is 0 Å². The maximum atomic E-state index is 9.82. The molecule has 12 heteroatoms. The standard InChI is InChI=1S/C24H21N9O3/c1-15(12-32-14-27-30-31-32)36-23-6-4-5-18(28-23)19-7-8-20-24(29-19)33(13-26-20)21-9-16(34-2)10-22(35-3)17(21)11-25/h4-10,13-15H,12H2,1-3H3/t15-/m0/s1. The lowest BCUT2D eigenvalue weighted by molar-refractivity contribution is 0.185. The van der Waals surface area contributed by atoms with Gasteiger partial charge in [0, 0.05) is 18.2 Å². The van der Waals surface area contributed by atoms with Crippen molar-refractivity contribution in [2.75, 3.05) is 14.2 Å². The number of fused-ring (bicyclic) bond motifs is 1. The van der Waals surface area contributed by atoms with Crippen LogP contribution in [0.5, 0.6) is 17.4 Å². The molecule has 0 unspecified atom stereocenters. The van der Waals surface area contributed by atoms with Crippen molar-refractivity contribution in [3.63, 3.8) is 0 Å². The monoisotopic (exact) mass is 483 g/mol. The quantitative estimate of drug-likeness (QED) is 0.324. The van der Waals surface area contributed by atoms with Gasteiger partial charge in [-0.05, 0) is 35.5 Å². The molecule has 0 fully saturated rings. The lowest BCUT2D eigenvalue weighted by atomic mass is 10.1. The van der Waals surface area contributed by atoms with E-state index in [1.165, 1.54) is 13.4 Å². The summed E-state index contributed by atoms with van der Waals surface area (Å²) < 4.78 is 20.1. The van der Waals surface area contributed by atoms with Crippen LogP contribution in [0.2, 0.25) is 0 Å². The van der Waals surface area contributed by atoms with Crippen LogP contribution >= 0.6 is 0 Å². The number of aromatic nitrogens is 8. The first-order valence-electron chi connectivity index (χ1n) is 10.9. The van der Waals surface area contributed by atoms with Crippen molar-refractivity contribution in [3.8, 4) is 40.5 Å². The van der Waals surface area contributed by atoms with Crippen molar-refractivity contribution in [1.29, 1.82) is 5.26 Å². The molecular formula is C24H21N9O3. The highest BCUT2D eigenvalue weighted by molar-refractivity contribution is 5.78. The molecule has 0 spiro atoms. The molecule has 1 aromatic carbocycles. The number of imidazole rings is 1. The second-order valence-corrected chi connectivity index (χ2v) is 7.81. The number of nitriles is 1. The van der Waals surface area contributed by atoms with Crippen LogP contribution in [-0.4, -0.2) is 60.0 Å². The van der Waals surface area contributed by atoms with Crippen LogP contribution in [0.4, 0.5) is 0 Å². The van der Waals surface area contributed by atoms with Crippen LogP contribution in [0.3, 0.4) is 0 Å². The molecule has 0 aliphatic heterocycles. The molecule has 0 aliphatic rings. The molecule has 4 heterocycles. The number of hydrogen-bond donors (Lipinski definition) is 0. The zero-order chi connectivity index (χ0) is 25.1. The molecule has 5 rings (SSSR count). The highest BCUT2D eigenvalue weighted by Crippen LogP contribution is 2.32. The van der Waals surface area contributed by atoms with E-state index in [-0.39, 0.29) is 6.10 Å². The summed E-state index contributed by atoms with van der Waals surface area (Å²) in [7, 11) is 3.06. The number of methoxy groups -OCH3 is 2. The number of tetrazole rings is 1. The minimum atomic E-state index is -0.208. The summed E-state index contributed by atoms with van der Waals surface area (Å²) in [6.07, 6.45) is 2.94. The SMILES string of the molecule is COc1cc(OC)c(C#N)c(-n2cnc3ccc(-c4cccc(O[C@@H](C)Cn5cnnn5)n4)nc32)c1. The lowest BCUT2D eigenvalue weighted by Crippen LogP contribution is -2.20. The second-order valence-electron chi connectivity index (χ2n) is 7.81. The van der Waals surface area contributed by atoms with Gasteiger partial charge in [-0.3, -0.25) is 4.57 Å². The van der Waals surface area contributed by atoms with Crippen LogP contribution in [0.1, 0.15) is 12.5 Å². The lowest BCUT2D eigenvalue weighted by Gasteiger charge is -2.14. The van der Waals surface area contributed by atoms with Gasteiger partial charge in [-0.2, -0.15) is 5.26 Å². The van der Waals surface area contributed by atoms with Gasteiger partial charge in [0.05, 0.1) is 37.8 Å². The molecule has 0 saturated heterocycles. The molecule has 180 valence electrons. The van der Waals surface area contributed by atoms with E-state index in [1.807, 2.05) is 31.2 Å². The van der Waals surface area contributed by atoms with Gasteiger partial charge in [-0.1, -0.05) is 6.07 Å². The molecule has 0 N–H and O–H groups in total. The van der Waals surface area contributed by atoms with E-state index in [0.29, 0.717) is 57.7 Å². The molecule has 0 aliphatic carbocycles. The Hall–Kier alpha value is -5.05. The number of benzene rings is 1. The summed E-state index contributed by atoms with van der Waals surface area (Å²) in [6.45, 7) is 2.39. The van der Waals surface area contributed by atoms with Gasteiger partial charge in [0.1, 0.15) is 47.4 Å². The fraction of sp³-hybridized carbons (Fsp3) is 0.208. The van der Waals surface area contributed by atoms with Crippen LogP contribution in [-0.2, 0) is 6.54 Å².